The number of nitriles is 1. The van der Waals surface area contributed by atoms with Crippen molar-refractivity contribution in [3.63, 3.8) is 0 Å². The number of likely N-dealkylation sites (tertiary alicyclic amines) is 1. The second-order valence-electron chi connectivity index (χ2n) is 7.56. The second kappa shape index (κ2) is 9.15. The minimum atomic E-state index is -0.194. The van der Waals surface area contributed by atoms with Gasteiger partial charge in [-0.25, -0.2) is 0 Å². The molecule has 1 aromatic heterocycles. The molecule has 26 heavy (non-hydrogen) atoms. The molecule has 0 aromatic carbocycles. The van der Waals surface area contributed by atoms with E-state index in [1.54, 1.807) is 11.9 Å². The summed E-state index contributed by atoms with van der Waals surface area (Å²) in [7, 11) is 7.92. The first-order chi connectivity index (χ1) is 12.3. The van der Waals surface area contributed by atoms with Gasteiger partial charge in [-0.1, -0.05) is 0 Å². The third-order valence-electron chi connectivity index (χ3n) is 5.55. The quantitative estimate of drug-likeness (QED) is 0.737. The van der Waals surface area contributed by atoms with E-state index in [4.69, 9.17) is 5.26 Å². The Labute approximate surface area is 157 Å². The van der Waals surface area contributed by atoms with Crippen LogP contribution in [0.5, 0.6) is 0 Å². The van der Waals surface area contributed by atoms with E-state index in [-0.39, 0.29) is 11.9 Å². The minimum Gasteiger partial charge on any atom is -0.343 e. The van der Waals surface area contributed by atoms with Gasteiger partial charge < -0.3 is 4.90 Å². The first kappa shape index (κ1) is 20.4. The maximum Gasteiger partial charge on any atom is 0.239 e. The van der Waals surface area contributed by atoms with Gasteiger partial charge in [0.2, 0.25) is 5.91 Å². The van der Waals surface area contributed by atoms with Crippen LogP contribution in [0.15, 0.2) is 12.4 Å². The van der Waals surface area contributed by atoms with Crippen molar-refractivity contribution in [2.75, 3.05) is 40.8 Å². The number of amides is 1. The van der Waals surface area contributed by atoms with E-state index >= 15 is 0 Å². The van der Waals surface area contributed by atoms with Gasteiger partial charge in [0, 0.05) is 45.0 Å². The highest BCUT2D eigenvalue weighted by Gasteiger charge is 2.33. The number of carbonyl (C=O) groups is 1. The summed E-state index contributed by atoms with van der Waals surface area (Å²) in [6, 6.07) is 2.24. The van der Waals surface area contributed by atoms with Crippen molar-refractivity contribution in [2.45, 2.75) is 38.3 Å². The highest BCUT2D eigenvalue weighted by Crippen LogP contribution is 2.35. The number of rotatable bonds is 7. The normalized spacial score (nSPS) is 22.2. The zero-order valence-electron chi connectivity index (χ0n) is 16.7. The molecule has 0 bridgehead atoms. The molecule has 3 atom stereocenters. The molecule has 1 saturated heterocycles. The monoisotopic (exact) mass is 360 g/mol. The third-order valence-corrected chi connectivity index (χ3v) is 5.55. The van der Waals surface area contributed by atoms with Gasteiger partial charge in [0.15, 0.2) is 0 Å². The molecule has 0 aliphatic carbocycles. The number of aromatic nitrogens is 2. The number of piperidine rings is 1. The highest BCUT2D eigenvalue weighted by atomic mass is 16.2. The molecule has 1 amide bonds. The molecule has 7 heteroatoms. The Kier molecular flexibility index (Phi) is 7.18. The van der Waals surface area contributed by atoms with Crippen molar-refractivity contribution in [2.24, 2.45) is 13.0 Å². The van der Waals surface area contributed by atoms with Crippen LogP contribution in [0.1, 0.15) is 37.8 Å². The van der Waals surface area contributed by atoms with Crippen LogP contribution >= 0.6 is 0 Å². The summed E-state index contributed by atoms with van der Waals surface area (Å²) in [6.07, 6.45) is 6.76. The van der Waals surface area contributed by atoms with Crippen LogP contribution in [-0.4, -0.2) is 77.2 Å². The van der Waals surface area contributed by atoms with Crippen molar-refractivity contribution < 1.29 is 4.79 Å². The van der Waals surface area contributed by atoms with Gasteiger partial charge in [0.1, 0.15) is 0 Å². The Morgan fingerprint density at radius 2 is 2.19 bits per heavy atom. The van der Waals surface area contributed by atoms with Gasteiger partial charge in [-0.05, 0) is 46.3 Å². The summed E-state index contributed by atoms with van der Waals surface area (Å²) in [4.78, 5) is 18.8. The summed E-state index contributed by atoms with van der Waals surface area (Å²) in [5.74, 6) is 0.535. The summed E-state index contributed by atoms with van der Waals surface area (Å²) in [5.41, 5.74) is 1.25. The van der Waals surface area contributed by atoms with Gasteiger partial charge in [0.25, 0.3) is 0 Å². The lowest BCUT2D eigenvalue weighted by molar-refractivity contribution is -0.134. The van der Waals surface area contributed by atoms with Crippen molar-refractivity contribution in [3.05, 3.63) is 18.0 Å². The Balaban J connectivity index is 2.04. The average molecular weight is 361 g/mol. The van der Waals surface area contributed by atoms with Crippen LogP contribution in [0.2, 0.25) is 0 Å². The minimum absolute atomic E-state index is 0.0739. The summed E-state index contributed by atoms with van der Waals surface area (Å²) >= 11 is 0. The number of carbonyl (C=O) groups excluding carboxylic acids is 1. The largest absolute Gasteiger partial charge is 0.343 e. The van der Waals surface area contributed by atoms with E-state index < -0.39 is 0 Å². The fraction of sp³-hybridized carbons (Fsp3) is 0.737. The Morgan fingerprint density at radius 3 is 2.81 bits per heavy atom. The topological polar surface area (TPSA) is 68.4 Å². The lowest BCUT2D eigenvalue weighted by Crippen LogP contribution is -2.48. The standard InChI is InChI=1S/C19H32N6O/c1-15(19(26)23(3)11-7-9-20)24(4)13-16-8-6-10-22(2)18(16)17-12-21-25(5)14-17/h12,14-16,18H,6-8,10-11,13H2,1-5H3/t15-,16+,18-/m1/s1. The van der Waals surface area contributed by atoms with E-state index in [9.17, 15) is 4.79 Å². The number of likely N-dealkylation sites (N-methyl/N-ethyl adjacent to an activating group) is 2. The zero-order valence-corrected chi connectivity index (χ0v) is 16.7. The van der Waals surface area contributed by atoms with Crippen LogP contribution < -0.4 is 0 Å². The van der Waals surface area contributed by atoms with E-state index in [1.165, 1.54) is 12.0 Å². The number of nitrogens with zero attached hydrogens (tertiary/aromatic N) is 6. The molecule has 1 aliphatic heterocycles. The summed E-state index contributed by atoms with van der Waals surface area (Å²) < 4.78 is 1.86. The SMILES string of the molecule is C[C@H](C(=O)N(C)CCC#N)N(C)C[C@@H]1CCCN(C)[C@H]1c1cnn(C)c1. The molecule has 2 rings (SSSR count). The lowest BCUT2D eigenvalue weighted by atomic mass is 9.85. The van der Waals surface area contributed by atoms with Gasteiger partial charge in [-0.2, -0.15) is 10.4 Å². The van der Waals surface area contributed by atoms with Crippen LogP contribution in [0.25, 0.3) is 0 Å². The molecule has 2 heterocycles. The molecule has 1 aromatic rings. The Bertz CT molecular complexity index is 636. The number of hydrogen-bond acceptors (Lipinski definition) is 5. The molecule has 0 unspecified atom stereocenters. The second-order valence-corrected chi connectivity index (χ2v) is 7.56. The molecule has 1 fully saturated rings. The first-order valence-electron chi connectivity index (χ1n) is 9.36. The Morgan fingerprint density at radius 1 is 1.46 bits per heavy atom. The molecule has 7 nitrogen and oxygen atoms in total. The predicted octanol–water partition coefficient (Wildman–Crippen LogP) is 1.50. The summed E-state index contributed by atoms with van der Waals surface area (Å²) in [5, 5.41) is 13.1. The maximum atomic E-state index is 12.6. The fourth-order valence-electron chi connectivity index (χ4n) is 3.93. The van der Waals surface area contributed by atoms with E-state index in [2.05, 4.69) is 34.2 Å². The maximum absolute atomic E-state index is 12.6. The Hall–Kier alpha value is -1.91. The molecule has 1 aliphatic rings. The molecule has 0 spiro atoms. The van der Waals surface area contributed by atoms with Gasteiger partial charge in [-0.3, -0.25) is 19.3 Å². The molecule has 144 valence electrons. The number of aryl methyl sites for hydroxylation is 1. The van der Waals surface area contributed by atoms with Crippen LogP contribution in [0.4, 0.5) is 0 Å². The fourth-order valence-corrected chi connectivity index (χ4v) is 3.93. The van der Waals surface area contributed by atoms with Crippen molar-refractivity contribution in [1.82, 2.24) is 24.5 Å². The van der Waals surface area contributed by atoms with Gasteiger partial charge in [-0.15, -0.1) is 0 Å². The van der Waals surface area contributed by atoms with E-state index in [0.717, 1.165) is 19.5 Å². The van der Waals surface area contributed by atoms with Crippen molar-refractivity contribution in [3.8, 4) is 6.07 Å². The molecular weight excluding hydrogens is 328 g/mol. The van der Waals surface area contributed by atoms with E-state index in [0.29, 0.717) is 24.9 Å². The molecular formula is C19H32N6O. The zero-order chi connectivity index (χ0) is 19.3. The predicted molar refractivity (Wildman–Crippen MR) is 101 cm³/mol. The molecule has 0 N–H and O–H groups in total. The number of hydrogen-bond donors (Lipinski definition) is 0. The summed E-state index contributed by atoms with van der Waals surface area (Å²) in [6.45, 7) is 4.39. The first-order valence-corrected chi connectivity index (χ1v) is 9.36. The van der Waals surface area contributed by atoms with Crippen LogP contribution in [0, 0.1) is 17.2 Å². The molecule has 0 radical (unpaired) electrons. The third kappa shape index (κ3) is 4.83. The van der Waals surface area contributed by atoms with E-state index in [1.807, 2.05) is 31.9 Å². The van der Waals surface area contributed by atoms with Crippen LogP contribution in [0.3, 0.4) is 0 Å². The van der Waals surface area contributed by atoms with Gasteiger partial charge in [0.05, 0.1) is 24.7 Å². The van der Waals surface area contributed by atoms with Crippen molar-refractivity contribution >= 4 is 5.91 Å². The smallest absolute Gasteiger partial charge is 0.239 e. The molecule has 0 saturated carbocycles. The van der Waals surface area contributed by atoms with Crippen LogP contribution in [-0.2, 0) is 11.8 Å². The van der Waals surface area contributed by atoms with Gasteiger partial charge >= 0.3 is 0 Å². The lowest BCUT2D eigenvalue weighted by Gasteiger charge is -2.41. The van der Waals surface area contributed by atoms with Crippen molar-refractivity contribution in [1.29, 1.82) is 5.26 Å². The highest BCUT2D eigenvalue weighted by molar-refractivity contribution is 5.81. The average Bonchev–Trinajstić information content (AvgIpc) is 3.04.